The molecule has 172 valence electrons. The van der Waals surface area contributed by atoms with Crippen LogP contribution in [-0.2, 0) is 9.59 Å². The Morgan fingerprint density at radius 3 is 2.03 bits per heavy atom. The normalized spacial score (nSPS) is 11.7. The third-order valence-electron chi connectivity index (χ3n) is 4.24. The fourth-order valence-electron chi connectivity index (χ4n) is 2.82. The first-order chi connectivity index (χ1) is 15.4. The highest BCUT2D eigenvalue weighted by Crippen LogP contribution is 2.40. The van der Waals surface area contributed by atoms with Crippen molar-refractivity contribution in [3.63, 3.8) is 0 Å². The van der Waals surface area contributed by atoms with Gasteiger partial charge in [0.1, 0.15) is 5.69 Å². The lowest BCUT2D eigenvalue weighted by atomic mass is 10.2. The maximum absolute atomic E-state index is 13.1. The van der Waals surface area contributed by atoms with E-state index in [0.717, 1.165) is 4.42 Å². The smallest absolute Gasteiger partial charge is 0.276 e. The van der Waals surface area contributed by atoms with Crippen LogP contribution in [0, 0.1) is 0 Å². The Bertz CT molecular complexity index is 958. The average molecular weight is 464 g/mol. The van der Waals surface area contributed by atoms with Crippen LogP contribution in [0.2, 0.25) is 0 Å². The molecular weight excluding hydrogens is 438 g/mol. The van der Waals surface area contributed by atoms with Crippen LogP contribution in [0.25, 0.3) is 0 Å². The molecule has 0 radical (unpaired) electrons. The zero-order chi connectivity index (χ0) is 23.7. The minimum absolute atomic E-state index is 0.199. The number of benzene rings is 2. The highest BCUT2D eigenvalue weighted by molar-refractivity contribution is 6.39. The molecule has 0 fully saturated rings. The van der Waals surface area contributed by atoms with E-state index in [-0.39, 0.29) is 17.1 Å². The van der Waals surface area contributed by atoms with Crippen molar-refractivity contribution in [2.45, 2.75) is 26.8 Å². The number of rotatable bonds is 11. The van der Waals surface area contributed by atoms with Gasteiger partial charge in [-0.1, -0.05) is 12.1 Å². The third kappa shape index (κ3) is 5.67. The van der Waals surface area contributed by atoms with Crippen LogP contribution in [0.4, 0.5) is 11.4 Å². The minimum Gasteiger partial charge on any atom is -0.493 e. The first kappa shape index (κ1) is 24.9. The zero-order valence-corrected chi connectivity index (χ0v) is 19.4. The fourth-order valence-corrected chi connectivity index (χ4v) is 3.04. The maximum atomic E-state index is 13.1. The van der Waals surface area contributed by atoms with Crippen molar-refractivity contribution < 1.29 is 28.5 Å². The molecule has 2 aromatic rings. The molecule has 2 aromatic carbocycles. The van der Waals surface area contributed by atoms with E-state index in [0.29, 0.717) is 30.5 Å². The predicted octanol–water partition coefficient (Wildman–Crippen LogP) is 4.73. The van der Waals surface area contributed by atoms with Crippen molar-refractivity contribution in [1.29, 1.82) is 0 Å². The van der Waals surface area contributed by atoms with E-state index >= 15 is 0 Å². The van der Waals surface area contributed by atoms with Gasteiger partial charge in [-0.3, -0.25) is 9.59 Å². The van der Waals surface area contributed by atoms with Crippen LogP contribution < -0.4 is 23.4 Å². The summed E-state index contributed by atoms with van der Waals surface area (Å²) in [6, 6.07) is 8.49. The molecular formula is C22H26ClN3O6. The van der Waals surface area contributed by atoms with Crippen LogP contribution in [0.15, 0.2) is 46.6 Å². The number of nitrogens with zero attached hydrogens (tertiary/aromatic N) is 3. The maximum Gasteiger partial charge on any atom is 0.276 e. The largest absolute Gasteiger partial charge is 0.493 e. The van der Waals surface area contributed by atoms with Gasteiger partial charge in [-0.25, -0.2) is 4.42 Å². The van der Waals surface area contributed by atoms with Crippen LogP contribution >= 0.6 is 11.8 Å². The van der Waals surface area contributed by atoms with Crippen molar-refractivity contribution in [3.05, 3.63) is 36.4 Å². The van der Waals surface area contributed by atoms with Gasteiger partial charge < -0.3 is 18.9 Å². The molecule has 32 heavy (non-hydrogen) atoms. The van der Waals surface area contributed by atoms with Gasteiger partial charge in [-0.2, -0.15) is 5.11 Å². The Morgan fingerprint density at radius 2 is 1.53 bits per heavy atom. The number of ether oxygens (including phenoxy) is 4. The SMILES string of the molecule is CCOc1cccc(OCC)c1N=NC(C(C)=O)C(=O)N(Cl)c1cccc(OC)c1OC. The van der Waals surface area contributed by atoms with Gasteiger partial charge in [0.05, 0.1) is 27.4 Å². The second-order valence-electron chi connectivity index (χ2n) is 6.33. The lowest BCUT2D eigenvalue weighted by molar-refractivity contribution is -0.126. The fraction of sp³-hybridized carbons (Fsp3) is 0.364. The van der Waals surface area contributed by atoms with Gasteiger partial charge in [0.2, 0.25) is 6.04 Å². The average Bonchev–Trinajstić information content (AvgIpc) is 2.79. The molecule has 0 N–H and O–H groups in total. The molecule has 9 nitrogen and oxygen atoms in total. The van der Waals surface area contributed by atoms with Crippen molar-refractivity contribution >= 4 is 34.8 Å². The summed E-state index contributed by atoms with van der Waals surface area (Å²) in [7, 11) is 2.87. The summed E-state index contributed by atoms with van der Waals surface area (Å²) in [5, 5.41) is 8.12. The quantitative estimate of drug-likeness (QED) is 0.271. The molecule has 0 aromatic heterocycles. The molecule has 0 spiro atoms. The number of anilines is 1. The molecule has 0 aliphatic heterocycles. The van der Waals surface area contributed by atoms with Crippen LogP contribution in [0.1, 0.15) is 20.8 Å². The van der Waals surface area contributed by atoms with Gasteiger partial charge in [-0.15, -0.1) is 5.11 Å². The van der Waals surface area contributed by atoms with Crippen LogP contribution in [0.3, 0.4) is 0 Å². The molecule has 1 amide bonds. The van der Waals surface area contributed by atoms with Gasteiger partial charge in [0.25, 0.3) is 5.91 Å². The highest BCUT2D eigenvalue weighted by atomic mass is 35.5. The molecule has 0 saturated heterocycles. The van der Waals surface area contributed by atoms with Gasteiger partial charge >= 0.3 is 0 Å². The van der Waals surface area contributed by atoms with Crippen molar-refractivity contribution in [2.75, 3.05) is 31.9 Å². The molecule has 0 bridgehead atoms. The van der Waals surface area contributed by atoms with Gasteiger partial charge in [0, 0.05) is 11.8 Å². The van der Waals surface area contributed by atoms with E-state index in [9.17, 15) is 9.59 Å². The predicted molar refractivity (Wildman–Crippen MR) is 121 cm³/mol. The van der Waals surface area contributed by atoms with E-state index in [2.05, 4.69) is 10.2 Å². The van der Waals surface area contributed by atoms with Gasteiger partial charge in [0.15, 0.2) is 34.5 Å². The lowest BCUT2D eigenvalue weighted by Crippen LogP contribution is -2.36. The van der Waals surface area contributed by atoms with E-state index in [4.69, 9.17) is 30.7 Å². The number of halogens is 1. The number of carbonyl (C=O) groups excluding carboxylic acids is 2. The zero-order valence-electron chi connectivity index (χ0n) is 18.6. The molecule has 1 unspecified atom stereocenters. The summed E-state index contributed by atoms with van der Waals surface area (Å²) < 4.78 is 22.5. The Hall–Kier alpha value is -3.33. The van der Waals surface area contributed by atoms with Crippen molar-refractivity contribution in [1.82, 2.24) is 0 Å². The topological polar surface area (TPSA) is 99.0 Å². The number of hydrogen-bond donors (Lipinski definition) is 0. The number of ketones is 1. The number of hydrogen-bond acceptors (Lipinski definition) is 8. The summed E-state index contributed by atoms with van der Waals surface area (Å²) in [6.45, 7) is 5.65. The summed E-state index contributed by atoms with van der Waals surface area (Å²) in [5.74, 6) is 0.0806. The second kappa shape index (κ2) is 11.9. The van der Waals surface area contributed by atoms with E-state index in [1.54, 1.807) is 36.4 Å². The first-order valence-electron chi connectivity index (χ1n) is 9.90. The number of azo groups is 1. The number of Topliss-reactive ketones (excluding diaryl/α,β-unsaturated/α-hetero) is 1. The number of para-hydroxylation sites is 1. The third-order valence-corrected chi connectivity index (χ3v) is 4.59. The molecule has 0 saturated carbocycles. The Labute approximate surface area is 192 Å². The summed E-state index contributed by atoms with van der Waals surface area (Å²) in [5.41, 5.74) is 0.472. The monoisotopic (exact) mass is 463 g/mol. The lowest BCUT2D eigenvalue weighted by Gasteiger charge is -2.20. The van der Waals surface area contributed by atoms with Crippen LogP contribution in [0.5, 0.6) is 23.0 Å². The number of carbonyl (C=O) groups is 2. The van der Waals surface area contributed by atoms with E-state index < -0.39 is 17.7 Å². The van der Waals surface area contributed by atoms with E-state index in [1.165, 1.54) is 21.1 Å². The summed E-state index contributed by atoms with van der Waals surface area (Å²) in [6.07, 6.45) is 0. The molecule has 1 atom stereocenters. The molecule has 2 rings (SSSR count). The second-order valence-corrected chi connectivity index (χ2v) is 6.67. The molecule has 10 heteroatoms. The minimum atomic E-state index is -1.49. The first-order valence-corrected chi connectivity index (χ1v) is 10.2. The number of methoxy groups -OCH3 is 2. The van der Waals surface area contributed by atoms with Crippen LogP contribution in [-0.4, -0.2) is 45.2 Å². The molecule has 0 aliphatic rings. The van der Waals surface area contributed by atoms with E-state index in [1.807, 2.05) is 13.8 Å². The van der Waals surface area contributed by atoms with Gasteiger partial charge in [-0.05, 0) is 45.0 Å². The Balaban J connectivity index is 2.43. The van der Waals surface area contributed by atoms with Crippen molar-refractivity contribution in [2.24, 2.45) is 10.2 Å². The summed E-state index contributed by atoms with van der Waals surface area (Å²) in [4.78, 5) is 25.3. The Morgan fingerprint density at radius 1 is 0.969 bits per heavy atom. The Kier molecular flexibility index (Phi) is 9.27. The standard InChI is InChI=1S/C22H26ClN3O6/c1-6-31-16-11-9-12-17(32-7-2)20(16)25-24-19(14(3)27)22(28)26(23)15-10-8-13-18(29-4)21(15)30-5/h8-13,19H,6-7H2,1-5H3. The van der Waals surface area contributed by atoms with Crippen molar-refractivity contribution in [3.8, 4) is 23.0 Å². The molecule has 0 heterocycles. The molecule has 0 aliphatic carbocycles. The number of amides is 1. The highest BCUT2D eigenvalue weighted by Gasteiger charge is 2.31. The summed E-state index contributed by atoms with van der Waals surface area (Å²) >= 11 is 6.30.